The topological polar surface area (TPSA) is 26.9 Å². The van der Waals surface area contributed by atoms with Crippen LogP contribution >= 0.6 is 0 Å². The molecule has 2 saturated carbocycles. The summed E-state index contributed by atoms with van der Waals surface area (Å²) in [6.07, 6.45) is 4.44. The second-order valence-corrected chi connectivity index (χ2v) is 7.72. The normalized spacial score (nSPS) is 32.9. The van der Waals surface area contributed by atoms with E-state index in [4.69, 9.17) is 0 Å². The Balaban J connectivity index is 1.83. The molecular weight excluding hydrogens is 291 g/mol. The van der Waals surface area contributed by atoms with Crippen molar-refractivity contribution < 1.29 is 4.39 Å². The molecule has 3 aliphatic carbocycles. The van der Waals surface area contributed by atoms with E-state index in [2.05, 4.69) is 18.5 Å². The van der Waals surface area contributed by atoms with Crippen LogP contribution in [0.3, 0.4) is 0 Å². The van der Waals surface area contributed by atoms with Gasteiger partial charge >= 0.3 is 0 Å². The average molecular weight is 312 g/mol. The fourth-order valence-corrected chi connectivity index (χ4v) is 5.73. The molecule has 23 heavy (non-hydrogen) atoms. The molecule has 1 heterocycles. The van der Waals surface area contributed by atoms with Crippen LogP contribution < -0.4 is 5.56 Å². The average Bonchev–Trinajstić information content (AvgIpc) is 2.78. The fraction of sp³-hybridized carbons (Fsp3) is 0.526. The van der Waals surface area contributed by atoms with E-state index in [0.717, 1.165) is 24.9 Å². The van der Waals surface area contributed by atoms with Crippen molar-refractivity contribution in [1.29, 1.82) is 0 Å². The van der Waals surface area contributed by atoms with Gasteiger partial charge in [0.05, 0.1) is 5.69 Å². The molecule has 3 atom stereocenters. The Labute approximate surface area is 134 Å². The quantitative estimate of drug-likeness (QED) is 0.848. The Morgan fingerprint density at radius 2 is 2.13 bits per heavy atom. The molecule has 120 valence electrons. The smallest absolute Gasteiger partial charge is 0.275 e. The van der Waals surface area contributed by atoms with Gasteiger partial charge in [0.1, 0.15) is 11.5 Å². The molecule has 2 fully saturated rings. The third-order valence-corrected chi connectivity index (χ3v) is 6.76. The largest absolute Gasteiger partial charge is 0.281 e. The first-order chi connectivity index (χ1) is 11.0. The van der Waals surface area contributed by atoms with Gasteiger partial charge in [-0.25, -0.2) is 9.07 Å². The summed E-state index contributed by atoms with van der Waals surface area (Å²) in [6, 6.07) is 6.62. The van der Waals surface area contributed by atoms with E-state index >= 15 is 0 Å². The summed E-state index contributed by atoms with van der Waals surface area (Å²) in [5.74, 6) is 0.0488. The van der Waals surface area contributed by atoms with Crippen LogP contribution in [-0.4, -0.2) is 9.36 Å². The van der Waals surface area contributed by atoms with Crippen molar-refractivity contribution in [1.82, 2.24) is 9.36 Å². The first-order valence-electron chi connectivity index (χ1n) is 8.66. The van der Waals surface area contributed by atoms with Crippen molar-refractivity contribution in [3.8, 4) is 5.69 Å². The zero-order chi connectivity index (χ0) is 16.0. The number of hydrogen-bond acceptors (Lipinski definition) is 1. The molecule has 0 N–H and O–H groups in total. The first-order valence-corrected chi connectivity index (χ1v) is 8.66. The van der Waals surface area contributed by atoms with Gasteiger partial charge in [0.2, 0.25) is 0 Å². The van der Waals surface area contributed by atoms with E-state index in [0.29, 0.717) is 17.0 Å². The van der Waals surface area contributed by atoms with Gasteiger partial charge in [0.25, 0.3) is 5.56 Å². The van der Waals surface area contributed by atoms with E-state index in [1.54, 1.807) is 22.9 Å². The third kappa shape index (κ3) is 1.31. The number of nitrogens with zero attached hydrogens (tertiary/aromatic N) is 2. The lowest BCUT2D eigenvalue weighted by atomic mass is 9.86. The van der Waals surface area contributed by atoms with Gasteiger partial charge in [-0.3, -0.25) is 9.48 Å². The van der Waals surface area contributed by atoms with E-state index in [1.807, 2.05) is 0 Å². The molecule has 0 radical (unpaired) electrons. The van der Waals surface area contributed by atoms with Crippen molar-refractivity contribution in [3.63, 3.8) is 0 Å². The molecule has 0 spiro atoms. The maximum atomic E-state index is 14.4. The van der Waals surface area contributed by atoms with Gasteiger partial charge in [0.15, 0.2) is 0 Å². The Morgan fingerprint density at radius 1 is 1.35 bits per heavy atom. The summed E-state index contributed by atoms with van der Waals surface area (Å²) < 4.78 is 18.1. The number of halogens is 1. The van der Waals surface area contributed by atoms with Crippen molar-refractivity contribution in [2.45, 2.75) is 57.4 Å². The highest BCUT2D eigenvalue weighted by atomic mass is 19.1. The second kappa shape index (κ2) is 3.97. The predicted octanol–water partition coefficient (Wildman–Crippen LogP) is 3.73. The summed E-state index contributed by atoms with van der Waals surface area (Å²) in [5, 5.41) is 0. The minimum atomic E-state index is -0.327. The lowest BCUT2D eigenvalue weighted by molar-refractivity contribution is 0.448. The summed E-state index contributed by atoms with van der Waals surface area (Å²) in [5.41, 5.74) is 3.10. The third-order valence-electron chi connectivity index (χ3n) is 6.76. The molecule has 1 aromatic carbocycles. The Morgan fingerprint density at radius 3 is 2.83 bits per heavy atom. The fourth-order valence-electron chi connectivity index (χ4n) is 5.73. The molecule has 1 aromatic heterocycles. The number of fused-ring (bicyclic) bond motifs is 2. The zero-order valence-corrected chi connectivity index (χ0v) is 13.6. The SMILES string of the molecule is CCCn1c2c(c(=O)n1-c1ccccc1F)[C@H]1CC[C@@]23CC13C. The molecule has 2 bridgehead atoms. The molecule has 5 rings (SSSR count). The molecule has 4 heteroatoms. The van der Waals surface area contributed by atoms with E-state index < -0.39 is 0 Å². The van der Waals surface area contributed by atoms with Crippen LogP contribution in [0.2, 0.25) is 0 Å². The number of para-hydroxylation sites is 1. The van der Waals surface area contributed by atoms with Crippen molar-refractivity contribution in [2.75, 3.05) is 0 Å². The number of aromatic nitrogens is 2. The first kappa shape index (κ1) is 13.6. The van der Waals surface area contributed by atoms with Crippen molar-refractivity contribution in [3.05, 3.63) is 51.7 Å². The summed E-state index contributed by atoms with van der Waals surface area (Å²) in [7, 11) is 0. The minimum Gasteiger partial charge on any atom is -0.281 e. The maximum Gasteiger partial charge on any atom is 0.275 e. The molecule has 0 amide bonds. The highest BCUT2D eigenvalue weighted by Gasteiger charge is 2.79. The van der Waals surface area contributed by atoms with Crippen molar-refractivity contribution >= 4 is 0 Å². The lowest BCUT2D eigenvalue weighted by Crippen LogP contribution is -2.26. The predicted molar refractivity (Wildman–Crippen MR) is 86.7 cm³/mol. The molecule has 3 nitrogen and oxygen atoms in total. The molecule has 2 aromatic rings. The van der Waals surface area contributed by atoms with Crippen LogP contribution in [0, 0.1) is 11.2 Å². The Kier molecular flexibility index (Phi) is 2.35. The highest BCUT2D eigenvalue weighted by Crippen LogP contribution is 2.83. The number of benzene rings is 1. The lowest BCUT2D eigenvalue weighted by Gasteiger charge is -2.21. The molecular formula is C19H21FN2O. The summed E-state index contributed by atoms with van der Waals surface area (Å²) in [6.45, 7) is 5.22. The van der Waals surface area contributed by atoms with E-state index in [-0.39, 0.29) is 16.8 Å². The molecule has 0 aliphatic heterocycles. The van der Waals surface area contributed by atoms with Crippen LogP contribution in [0.15, 0.2) is 29.1 Å². The van der Waals surface area contributed by atoms with Gasteiger partial charge in [-0.1, -0.05) is 26.0 Å². The standard InChI is InChI=1S/C19H21FN2O/c1-3-10-21-16-15(12-8-9-19(16)11-18(12,19)2)17(23)22(21)14-7-5-4-6-13(14)20/h4-7,12H,3,8-11H2,1-2H3/t12-,18?,19-/m1/s1. The number of rotatable bonds is 3. The second-order valence-electron chi connectivity index (χ2n) is 7.72. The van der Waals surface area contributed by atoms with Gasteiger partial charge in [0, 0.05) is 17.5 Å². The summed E-state index contributed by atoms with van der Waals surface area (Å²) in [4.78, 5) is 13.2. The molecule has 1 unspecified atom stereocenters. The summed E-state index contributed by atoms with van der Waals surface area (Å²) >= 11 is 0. The van der Waals surface area contributed by atoms with Crippen LogP contribution in [0.25, 0.3) is 5.69 Å². The van der Waals surface area contributed by atoms with Gasteiger partial charge in [-0.15, -0.1) is 0 Å². The monoisotopic (exact) mass is 312 g/mol. The Bertz CT molecular complexity index is 891. The van der Waals surface area contributed by atoms with Crippen LogP contribution in [0.1, 0.15) is 56.7 Å². The van der Waals surface area contributed by atoms with Crippen LogP contribution in [-0.2, 0) is 12.0 Å². The van der Waals surface area contributed by atoms with Gasteiger partial charge < -0.3 is 0 Å². The van der Waals surface area contributed by atoms with Gasteiger partial charge in [-0.05, 0) is 49.1 Å². The number of hydrogen-bond donors (Lipinski definition) is 0. The van der Waals surface area contributed by atoms with E-state index in [1.165, 1.54) is 24.6 Å². The van der Waals surface area contributed by atoms with Crippen molar-refractivity contribution in [2.24, 2.45) is 5.41 Å². The molecule has 0 saturated heterocycles. The zero-order valence-electron chi connectivity index (χ0n) is 13.6. The minimum absolute atomic E-state index is 0.0102. The molecule has 3 aliphatic rings. The van der Waals surface area contributed by atoms with Crippen LogP contribution in [0.5, 0.6) is 0 Å². The van der Waals surface area contributed by atoms with E-state index in [9.17, 15) is 9.18 Å². The van der Waals surface area contributed by atoms with Gasteiger partial charge in [-0.2, -0.15) is 0 Å². The Hall–Kier alpha value is -1.84. The highest BCUT2D eigenvalue weighted by molar-refractivity contribution is 5.55. The van der Waals surface area contributed by atoms with Crippen LogP contribution in [0.4, 0.5) is 4.39 Å². The maximum absolute atomic E-state index is 14.4.